The van der Waals surface area contributed by atoms with Crippen LogP contribution in [-0.4, -0.2) is 40.4 Å². The minimum atomic E-state index is -0.543. The standard InChI is InChI=1S/C12H18N2O4/c1-9(15)7-13(8-10(2)16)11-3-5-12(6-4-11)14(17)18/h3-6,9-10,15-16H,7-8H2,1-2H3. The predicted octanol–water partition coefficient (Wildman–Crippen LogP) is 1.16. The Labute approximate surface area is 106 Å². The summed E-state index contributed by atoms with van der Waals surface area (Å²) in [6.07, 6.45) is -1.09. The van der Waals surface area contributed by atoms with E-state index >= 15 is 0 Å². The maximum atomic E-state index is 10.5. The Balaban J connectivity index is 2.87. The first-order valence-electron chi connectivity index (χ1n) is 5.75. The number of benzene rings is 1. The van der Waals surface area contributed by atoms with E-state index in [9.17, 15) is 20.3 Å². The zero-order chi connectivity index (χ0) is 13.7. The third-order valence-corrected chi connectivity index (χ3v) is 2.39. The summed E-state index contributed by atoms with van der Waals surface area (Å²) in [5.74, 6) is 0. The van der Waals surface area contributed by atoms with Crippen LogP contribution in [-0.2, 0) is 0 Å². The smallest absolute Gasteiger partial charge is 0.269 e. The van der Waals surface area contributed by atoms with E-state index in [0.29, 0.717) is 13.1 Å². The van der Waals surface area contributed by atoms with Gasteiger partial charge in [-0.3, -0.25) is 10.1 Å². The van der Waals surface area contributed by atoms with E-state index in [2.05, 4.69) is 0 Å². The Morgan fingerprint density at radius 1 is 1.17 bits per heavy atom. The molecular weight excluding hydrogens is 236 g/mol. The topological polar surface area (TPSA) is 86.8 Å². The summed E-state index contributed by atoms with van der Waals surface area (Å²) in [5, 5.41) is 29.4. The summed E-state index contributed by atoms with van der Waals surface area (Å²) in [4.78, 5) is 11.9. The van der Waals surface area contributed by atoms with Gasteiger partial charge in [0.25, 0.3) is 5.69 Å². The van der Waals surface area contributed by atoms with Gasteiger partial charge in [-0.15, -0.1) is 0 Å². The van der Waals surface area contributed by atoms with Gasteiger partial charge in [0, 0.05) is 30.9 Å². The Bertz CT molecular complexity index is 380. The van der Waals surface area contributed by atoms with Crippen molar-refractivity contribution < 1.29 is 15.1 Å². The first kappa shape index (κ1) is 14.4. The first-order valence-corrected chi connectivity index (χ1v) is 5.75. The van der Waals surface area contributed by atoms with Crippen LogP contribution in [0.3, 0.4) is 0 Å². The molecule has 0 amide bonds. The Morgan fingerprint density at radius 2 is 1.61 bits per heavy atom. The number of rotatable bonds is 6. The van der Waals surface area contributed by atoms with Gasteiger partial charge in [-0.25, -0.2) is 0 Å². The molecule has 1 aromatic rings. The normalized spacial score (nSPS) is 14.0. The van der Waals surface area contributed by atoms with Crippen molar-refractivity contribution in [2.24, 2.45) is 0 Å². The predicted molar refractivity (Wildman–Crippen MR) is 68.7 cm³/mol. The molecule has 0 bridgehead atoms. The highest BCUT2D eigenvalue weighted by Crippen LogP contribution is 2.19. The van der Waals surface area contributed by atoms with Crippen molar-refractivity contribution in [2.45, 2.75) is 26.1 Å². The van der Waals surface area contributed by atoms with Crippen molar-refractivity contribution in [3.8, 4) is 0 Å². The summed E-state index contributed by atoms with van der Waals surface area (Å²) < 4.78 is 0. The minimum absolute atomic E-state index is 0.0211. The van der Waals surface area contributed by atoms with Gasteiger partial charge in [0.15, 0.2) is 0 Å². The van der Waals surface area contributed by atoms with Crippen LogP contribution in [0.25, 0.3) is 0 Å². The molecule has 0 radical (unpaired) electrons. The van der Waals surface area contributed by atoms with Crippen LogP contribution in [0.4, 0.5) is 11.4 Å². The van der Waals surface area contributed by atoms with Crippen molar-refractivity contribution in [1.82, 2.24) is 0 Å². The zero-order valence-corrected chi connectivity index (χ0v) is 10.5. The average molecular weight is 254 g/mol. The number of nitro groups is 1. The van der Waals surface area contributed by atoms with Gasteiger partial charge in [-0.1, -0.05) is 0 Å². The molecule has 0 fully saturated rings. The number of nitrogens with zero attached hydrogens (tertiary/aromatic N) is 2. The van der Waals surface area contributed by atoms with E-state index in [0.717, 1.165) is 5.69 Å². The van der Waals surface area contributed by atoms with Crippen LogP contribution in [0.2, 0.25) is 0 Å². The van der Waals surface area contributed by atoms with Crippen molar-refractivity contribution in [1.29, 1.82) is 0 Å². The molecule has 0 heterocycles. The summed E-state index contributed by atoms with van der Waals surface area (Å²) in [6.45, 7) is 4.03. The lowest BCUT2D eigenvalue weighted by Gasteiger charge is -2.27. The second-order valence-electron chi connectivity index (χ2n) is 4.38. The number of non-ortho nitro benzene ring substituents is 1. The molecule has 1 rings (SSSR count). The van der Waals surface area contributed by atoms with Crippen molar-refractivity contribution >= 4 is 11.4 Å². The molecule has 0 saturated heterocycles. The molecule has 0 spiro atoms. The number of aliphatic hydroxyl groups excluding tert-OH is 2. The molecule has 2 atom stereocenters. The molecule has 0 aliphatic carbocycles. The van der Waals surface area contributed by atoms with Gasteiger partial charge in [-0.05, 0) is 26.0 Å². The van der Waals surface area contributed by atoms with Gasteiger partial charge in [0.05, 0.1) is 17.1 Å². The van der Waals surface area contributed by atoms with Crippen LogP contribution < -0.4 is 4.90 Å². The molecular formula is C12H18N2O4. The number of nitro benzene ring substituents is 1. The highest BCUT2D eigenvalue weighted by molar-refractivity contribution is 5.51. The third-order valence-electron chi connectivity index (χ3n) is 2.39. The van der Waals surface area contributed by atoms with Crippen molar-refractivity contribution in [2.75, 3.05) is 18.0 Å². The Kier molecular flexibility index (Phi) is 5.06. The van der Waals surface area contributed by atoms with E-state index in [-0.39, 0.29) is 5.69 Å². The summed E-state index contributed by atoms with van der Waals surface area (Å²) in [6, 6.07) is 6.05. The lowest BCUT2D eigenvalue weighted by molar-refractivity contribution is -0.384. The lowest BCUT2D eigenvalue weighted by atomic mass is 10.2. The highest BCUT2D eigenvalue weighted by atomic mass is 16.6. The second-order valence-corrected chi connectivity index (χ2v) is 4.38. The number of hydrogen-bond acceptors (Lipinski definition) is 5. The molecule has 18 heavy (non-hydrogen) atoms. The zero-order valence-electron chi connectivity index (χ0n) is 10.5. The van der Waals surface area contributed by atoms with Crippen LogP contribution in [0.1, 0.15) is 13.8 Å². The molecule has 100 valence electrons. The quantitative estimate of drug-likeness (QED) is 0.587. The van der Waals surface area contributed by atoms with Crippen LogP contribution in [0.15, 0.2) is 24.3 Å². The molecule has 0 aliphatic rings. The van der Waals surface area contributed by atoms with Crippen molar-refractivity contribution in [3.63, 3.8) is 0 Å². The van der Waals surface area contributed by atoms with E-state index in [4.69, 9.17) is 0 Å². The fourth-order valence-electron chi connectivity index (χ4n) is 1.71. The summed E-state index contributed by atoms with van der Waals surface area (Å²) >= 11 is 0. The minimum Gasteiger partial charge on any atom is -0.392 e. The summed E-state index contributed by atoms with van der Waals surface area (Å²) in [5.41, 5.74) is 0.759. The molecule has 0 aromatic heterocycles. The summed E-state index contributed by atoms with van der Waals surface area (Å²) in [7, 11) is 0. The molecule has 2 unspecified atom stereocenters. The average Bonchev–Trinajstić information content (AvgIpc) is 2.27. The first-order chi connectivity index (χ1) is 8.40. The van der Waals surface area contributed by atoms with Gasteiger partial charge in [0.1, 0.15) is 0 Å². The fourth-order valence-corrected chi connectivity index (χ4v) is 1.71. The molecule has 0 aliphatic heterocycles. The highest BCUT2D eigenvalue weighted by Gasteiger charge is 2.13. The Hall–Kier alpha value is -1.66. The molecule has 6 heteroatoms. The van der Waals surface area contributed by atoms with E-state index < -0.39 is 17.1 Å². The van der Waals surface area contributed by atoms with Crippen LogP contribution >= 0.6 is 0 Å². The lowest BCUT2D eigenvalue weighted by Crippen LogP contribution is -2.36. The molecule has 1 aromatic carbocycles. The van der Waals surface area contributed by atoms with Crippen LogP contribution in [0.5, 0.6) is 0 Å². The van der Waals surface area contributed by atoms with E-state index in [1.165, 1.54) is 12.1 Å². The largest absolute Gasteiger partial charge is 0.392 e. The number of aliphatic hydroxyl groups is 2. The second kappa shape index (κ2) is 6.32. The Morgan fingerprint density at radius 3 is 1.94 bits per heavy atom. The van der Waals surface area contributed by atoms with E-state index in [1.54, 1.807) is 30.9 Å². The van der Waals surface area contributed by atoms with E-state index in [1.807, 2.05) is 0 Å². The molecule has 2 N–H and O–H groups in total. The molecule has 0 saturated carbocycles. The maximum Gasteiger partial charge on any atom is 0.269 e. The number of hydrogen-bond donors (Lipinski definition) is 2. The van der Waals surface area contributed by atoms with Crippen molar-refractivity contribution in [3.05, 3.63) is 34.4 Å². The van der Waals surface area contributed by atoms with Gasteiger partial charge in [0.2, 0.25) is 0 Å². The van der Waals surface area contributed by atoms with Gasteiger partial charge < -0.3 is 15.1 Å². The monoisotopic (exact) mass is 254 g/mol. The SMILES string of the molecule is CC(O)CN(CC(C)O)c1ccc([N+](=O)[O-])cc1. The van der Waals surface area contributed by atoms with Gasteiger partial charge >= 0.3 is 0 Å². The number of anilines is 1. The molecule has 6 nitrogen and oxygen atoms in total. The third kappa shape index (κ3) is 4.31. The fraction of sp³-hybridized carbons (Fsp3) is 0.500. The maximum absolute atomic E-state index is 10.5. The van der Waals surface area contributed by atoms with Crippen LogP contribution in [0, 0.1) is 10.1 Å². The van der Waals surface area contributed by atoms with Gasteiger partial charge in [-0.2, -0.15) is 0 Å².